The first kappa shape index (κ1) is 38.3. The number of benzene rings is 1. The molecule has 0 aromatic heterocycles. The number of hydrogen-bond acceptors (Lipinski definition) is 6. The smallest absolute Gasteiger partial charge is 0.406 e. The number of Topliss-reactive ketones (excluding diaryl/α,β-unsaturated/α-hetero) is 1. The van der Waals surface area contributed by atoms with Crippen LogP contribution in [0.1, 0.15) is 74.1 Å². The molecule has 2 unspecified atom stereocenters. The Morgan fingerprint density at radius 1 is 1.18 bits per heavy atom. The van der Waals surface area contributed by atoms with Gasteiger partial charge < -0.3 is 25.5 Å². The van der Waals surface area contributed by atoms with Gasteiger partial charge in [0.15, 0.2) is 11.6 Å². The lowest BCUT2D eigenvalue weighted by Gasteiger charge is -2.28. The van der Waals surface area contributed by atoms with Gasteiger partial charge in [-0.05, 0) is 70.4 Å². The molecule has 1 saturated heterocycles. The van der Waals surface area contributed by atoms with Gasteiger partial charge in [0.25, 0.3) is 5.91 Å². The highest BCUT2D eigenvalue weighted by Gasteiger charge is 2.35. The van der Waals surface area contributed by atoms with Crippen molar-refractivity contribution in [3.05, 3.63) is 71.4 Å². The molecular formula is C33H45F4N3O4. The summed E-state index contributed by atoms with van der Waals surface area (Å²) in [5.74, 6) is -2.36. The fraction of sp³-hybridized carbons (Fsp3) is 0.485. The highest BCUT2D eigenvalue weighted by Crippen LogP contribution is 2.32. The molecule has 3 N–H and O–H groups in total. The molecule has 1 aromatic carbocycles. The van der Waals surface area contributed by atoms with Crippen molar-refractivity contribution in [1.82, 2.24) is 4.90 Å². The summed E-state index contributed by atoms with van der Waals surface area (Å²) >= 11 is 0. The standard InChI is InChI=1S/C26H34F3N3O3.C7H11FO/c1-6-9-20(32-15-14-21(33)25(32)34)22(23(30)17(7-2)8-3)24(16(4)5)31-18-10-12-19(13-11-18)35-26(27,28)29;1-4-5(2)7(9)6(3)8/h6,9-13,17,21,30-31,33H,7-8,14-15H2,1-5H3;5H,3-4H2,1-2H3/b9-6-,22-20+,30-23?;. The molecule has 44 heavy (non-hydrogen) atoms. The Balaban J connectivity index is 0.000000930. The van der Waals surface area contributed by atoms with E-state index < -0.39 is 30.0 Å². The number of alkyl halides is 3. The van der Waals surface area contributed by atoms with Gasteiger partial charge in [0.05, 0.1) is 5.70 Å². The van der Waals surface area contributed by atoms with Crippen molar-refractivity contribution >= 4 is 23.1 Å². The molecule has 0 saturated carbocycles. The third-order valence-electron chi connectivity index (χ3n) is 7.15. The molecule has 0 spiro atoms. The van der Waals surface area contributed by atoms with Crippen LogP contribution in [0.3, 0.4) is 0 Å². The zero-order chi connectivity index (χ0) is 33.8. The molecule has 7 nitrogen and oxygen atoms in total. The highest BCUT2D eigenvalue weighted by atomic mass is 19.4. The Bertz CT molecular complexity index is 1260. The molecule has 1 fully saturated rings. The minimum Gasteiger partial charge on any atom is -0.406 e. The van der Waals surface area contributed by atoms with Crippen molar-refractivity contribution in [3.8, 4) is 5.75 Å². The van der Waals surface area contributed by atoms with Crippen molar-refractivity contribution in [2.75, 3.05) is 11.9 Å². The second-order valence-corrected chi connectivity index (χ2v) is 10.6. The molecular weight excluding hydrogens is 578 g/mol. The van der Waals surface area contributed by atoms with E-state index >= 15 is 0 Å². The monoisotopic (exact) mass is 623 g/mol. The van der Waals surface area contributed by atoms with E-state index in [1.807, 2.05) is 41.5 Å². The number of rotatable bonds is 13. The SMILES string of the molecule is C/C=C\C(=C(\C(=N)C(CC)CC)C(Nc1ccc(OC(F)(F)F)cc1)=C(C)C)N1CCC(O)C1=O.C=C(F)C(=O)C(C)CC. The number of aliphatic hydroxyl groups is 1. The van der Waals surface area contributed by atoms with Gasteiger partial charge in [0.2, 0.25) is 0 Å². The van der Waals surface area contributed by atoms with Crippen LogP contribution in [0.25, 0.3) is 0 Å². The summed E-state index contributed by atoms with van der Waals surface area (Å²) in [6, 6.07) is 5.34. The summed E-state index contributed by atoms with van der Waals surface area (Å²) in [5.41, 5.74) is 3.27. The number of carbonyl (C=O) groups is 2. The average molecular weight is 624 g/mol. The predicted molar refractivity (Wildman–Crippen MR) is 166 cm³/mol. The van der Waals surface area contributed by atoms with Gasteiger partial charge in [0.1, 0.15) is 11.9 Å². The van der Waals surface area contributed by atoms with E-state index in [0.29, 0.717) is 47.8 Å². The van der Waals surface area contributed by atoms with Crippen LogP contribution >= 0.6 is 0 Å². The summed E-state index contributed by atoms with van der Waals surface area (Å²) in [6.45, 7) is 16.3. The van der Waals surface area contributed by atoms with Crippen LogP contribution in [0, 0.1) is 17.2 Å². The number of nitrogens with one attached hydrogen (secondary N) is 2. The first-order chi connectivity index (χ1) is 20.5. The number of allylic oxidation sites excluding steroid dienone is 5. The van der Waals surface area contributed by atoms with Crippen LogP contribution in [0.2, 0.25) is 0 Å². The molecule has 244 valence electrons. The van der Waals surface area contributed by atoms with Gasteiger partial charge in [-0.15, -0.1) is 13.2 Å². The van der Waals surface area contributed by atoms with Crippen molar-refractivity contribution in [3.63, 3.8) is 0 Å². The Morgan fingerprint density at radius 2 is 1.75 bits per heavy atom. The number of halogens is 4. The number of hydrogen-bond donors (Lipinski definition) is 3. The zero-order valence-corrected chi connectivity index (χ0v) is 26.6. The molecule has 0 aliphatic carbocycles. The Hall–Kier alpha value is -3.73. The maximum atomic E-state index is 12.8. The number of nitrogens with zero attached hydrogens (tertiary/aromatic N) is 1. The van der Waals surface area contributed by atoms with Crippen LogP contribution in [-0.2, 0) is 9.59 Å². The minimum atomic E-state index is -4.78. The first-order valence-corrected chi connectivity index (χ1v) is 14.7. The maximum absolute atomic E-state index is 12.8. The normalized spacial score (nSPS) is 16.2. The number of aliphatic hydroxyl groups excluding tert-OH is 1. The topological polar surface area (TPSA) is 103 Å². The summed E-state index contributed by atoms with van der Waals surface area (Å²) < 4.78 is 53.5. The second-order valence-electron chi connectivity index (χ2n) is 10.6. The number of ketones is 1. The summed E-state index contributed by atoms with van der Waals surface area (Å²) in [6.07, 6.45) is 0.0610. The van der Waals surface area contributed by atoms with E-state index in [0.717, 1.165) is 18.4 Å². The molecule has 2 rings (SSSR count). The van der Waals surface area contributed by atoms with E-state index in [4.69, 9.17) is 5.41 Å². The third kappa shape index (κ3) is 11.1. The summed E-state index contributed by atoms with van der Waals surface area (Å²) in [5, 5.41) is 22.4. The largest absolute Gasteiger partial charge is 0.573 e. The Labute approximate surface area is 257 Å². The van der Waals surface area contributed by atoms with E-state index in [9.17, 15) is 32.3 Å². The van der Waals surface area contributed by atoms with Gasteiger partial charge in [-0.2, -0.15) is 0 Å². The minimum absolute atomic E-state index is 0.0772. The number of amides is 1. The van der Waals surface area contributed by atoms with Crippen molar-refractivity contribution in [2.24, 2.45) is 11.8 Å². The first-order valence-electron chi connectivity index (χ1n) is 14.7. The molecule has 1 heterocycles. The van der Waals surface area contributed by atoms with Gasteiger partial charge >= 0.3 is 6.36 Å². The number of likely N-dealkylation sites (tertiary alicyclic amines) is 1. The Morgan fingerprint density at radius 3 is 2.11 bits per heavy atom. The van der Waals surface area contributed by atoms with E-state index in [1.165, 1.54) is 29.2 Å². The summed E-state index contributed by atoms with van der Waals surface area (Å²) in [7, 11) is 0. The van der Waals surface area contributed by atoms with Crippen molar-refractivity contribution in [2.45, 2.75) is 86.6 Å². The molecule has 0 bridgehead atoms. The molecule has 1 aromatic rings. The van der Waals surface area contributed by atoms with Crippen LogP contribution in [0.5, 0.6) is 5.75 Å². The van der Waals surface area contributed by atoms with E-state index in [2.05, 4.69) is 16.6 Å². The lowest BCUT2D eigenvalue weighted by Crippen LogP contribution is -2.32. The van der Waals surface area contributed by atoms with Crippen LogP contribution in [0.4, 0.5) is 23.2 Å². The quantitative estimate of drug-likeness (QED) is 0.0889. The molecule has 1 aliphatic heterocycles. The van der Waals surface area contributed by atoms with E-state index in [1.54, 1.807) is 19.1 Å². The molecule has 1 amide bonds. The fourth-order valence-electron chi connectivity index (χ4n) is 4.45. The highest BCUT2D eigenvalue weighted by molar-refractivity contribution is 6.06. The van der Waals surface area contributed by atoms with E-state index in [-0.39, 0.29) is 17.6 Å². The van der Waals surface area contributed by atoms with Crippen molar-refractivity contribution in [1.29, 1.82) is 5.41 Å². The Kier molecular flexibility index (Phi) is 15.3. The number of carbonyl (C=O) groups excluding carboxylic acids is 2. The third-order valence-corrected chi connectivity index (χ3v) is 7.15. The number of anilines is 1. The lowest BCUT2D eigenvalue weighted by atomic mass is 9.87. The van der Waals surface area contributed by atoms with Gasteiger partial charge in [-0.1, -0.05) is 45.9 Å². The fourth-order valence-corrected chi connectivity index (χ4v) is 4.45. The van der Waals surface area contributed by atoms with Crippen LogP contribution < -0.4 is 10.1 Å². The lowest BCUT2D eigenvalue weighted by molar-refractivity contribution is -0.274. The van der Waals surface area contributed by atoms with Gasteiger partial charge in [0, 0.05) is 47.5 Å². The molecule has 11 heteroatoms. The predicted octanol–water partition coefficient (Wildman–Crippen LogP) is 8.26. The average Bonchev–Trinajstić information content (AvgIpc) is 3.29. The molecule has 1 aliphatic rings. The second kappa shape index (κ2) is 17.5. The van der Waals surface area contributed by atoms with Crippen molar-refractivity contribution < 1.29 is 37.0 Å². The van der Waals surface area contributed by atoms with Crippen LogP contribution in [-0.4, -0.2) is 46.4 Å². The number of ether oxygens (including phenoxy) is 1. The van der Waals surface area contributed by atoms with Crippen LogP contribution in [0.15, 0.2) is 71.4 Å². The molecule has 2 atom stereocenters. The molecule has 0 radical (unpaired) electrons. The maximum Gasteiger partial charge on any atom is 0.573 e. The summed E-state index contributed by atoms with van der Waals surface area (Å²) in [4.78, 5) is 24.9. The van der Waals surface area contributed by atoms with Gasteiger partial charge in [-0.25, -0.2) is 4.39 Å². The zero-order valence-electron chi connectivity index (χ0n) is 26.6. The van der Waals surface area contributed by atoms with Gasteiger partial charge in [-0.3, -0.25) is 9.59 Å².